The quantitative estimate of drug-likeness (QED) is 0.890. The molecule has 1 atom stereocenters. The minimum absolute atomic E-state index is 0.452. The molecular weight excluding hydrogens is 244 g/mol. The van der Waals surface area contributed by atoms with Crippen molar-refractivity contribution in [1.29, 1.82) is 0 Å². The van der Waals surface area contributed by atoms with Crippen LogP contribution in [0.2, 0.25) is 0 Å². The fourth-order valence-electron chi connectivity index (χ4n) is 2.13. The van der Waals surface area contributed by atoms with Crippen molar-refractivity contribution in [3.8, 4) is 5.75 Å². The van der Waals surface area contributed by atoms with Crippen molar-refractivity contribution in [3.63, 3.8) is 0 Å². The van der Waals surface area contributed by atoms with Gasteiger partial charge in [0.1, 0.15) is 11.8 Å². The molecule has 0 fully saturated rings. The van der Waals surface area contributed by atoms with E-state index in [1.807, 2.05) is 24.3 Å². The van der Waals surface area contributed by atoms with Gasteiger partial charge < -0.3 is 14.6 Å². The van der Waals surface area contributed by atoms with Gasteiger partial charge in [-0.25, -0.2) is 0 Å². The summed E-state index contributed by atoms with van der Waals surface area (Å²) in [5.74, 6) is 0.571. The number of aromatic nitrogens is 2. The van der Waals surface area contributed by atoms with E-state index in [1.165, 1.54) is 0 Å². The molecule has 1 heterocycles. The lowest BCUT2D eigenvalue weighted by Gasteiger charge is -2.16. The Morgan fingerprint density at radius 1 is 1.32 bits per heavy atom. The largest absolute Gasteiger partial charge is 0.493 e. The lowest BCUT2D eigenvalue weighted by molar-refractivity contribution is 0.173. The molecule has 1 aromatic heterocycles. The average Bonchev–Trinajstić information content (AvgIpc) is 2.80. The molecule has 0 radical (unpaired) electrons. The van der Waals surface area contributed by atoms with Crippen molar-refractivity contribution >= 4 is 0 Å². The normalized spacial score (nSPS) is 12.4. The van der Waals surface area contributed by atoms with Crippen molar-refractivity contribution in [2.24, 2.45) is 7.05 Å². The van der Waals surface area contributed by atoms with Gasteiger partial charge in [-0.1, -0.05) is 24.3 Å². The van der Waals surface area contributed by atoms with Crippen LogP contribution in [-0.4, -0.2) is 29.1 Å². The van der Waals surface area contributed by atoms with Crippen LogP contribution in [0.3, 0.4) is 0 Å². The Morgan fingerprint density at radius 2 is 2.05 bits per heavy atom. The highest BCUT2D eigenvalue weighted by Crippen LogP contribution is 2.31. The van der Waals surface area contributed by atoms with E-state index >= 15 is 0 Å². The Balaban J connectivity index is 2.43. The maximum atomic E-state index is 10.6. The van der Waals surface area contributed by atoms with Crippen LogP contribution in [0.4, 0.5) is 0 Å². The second-order valence-corrected chi connectivity index (χ2v) is 4.26. The summed E-state index contributed by atoms with van der Waals surface area (Å²) in [6.45, 7) is 0.452. The zero-order valence-electron chi connectivity index (χ0n) is 11.3. The summed E-state index contributed by atoms with van der Waals surface area (Å²) < 4.78 is 12.0. The van der Waals surface area contributed by atoms with E-state index in [4.69, 9.17) is 9.47 Å². The second kappa shape index (κ2) is 5.86. The van der Waals surface area contributed by atoms with Crippen LogP contribution in [-0.2, 0) is 18.4 Å². The number of aryl methyl sites for hydroxylation is 1. The molecular formula is C14H18N2O3. The molecule has 5 heteroatoms. The number of ether oxygens (including phenoxy) is 2. The summed E-state index contributed by atoms with van der Waals surface area (Å²) in [6, 6.07) is 7.63. The van der Waals surface area contributed by atoms with E-state index in [0.29, 0.717) is 18.1 Å². The molecule has 0 aliphatic rings. The third-order valence-electron chi connectivity index (χ3n) is 3.08. The Morgan fingerprint density at radius 3 is 2.74 bits per heavy atom. The number of aliphatic hydroxyl groups is 1. The topological polar surface area (TPSA) is 56.5 Å². The molecule has 5 nitrogen and oxygen atoms in total. The first-order chi connectivity index (χ1) is 9.19. The maximum absolute atomic E-state index is 10.6. The van der Waals surface area contributed by atoms with Gasteiger partial charge in [-0.2, -0.15) is 5.10 Å². The highest BCUT2D eigenvalue weighted by atomic mass is 16.5. The molecule has 1 N–H and O–H groups in total. The van der Waals surface area contributed by atoms with Crippen LogP contribution in [0.1, 0.15) is 22.9 Å². The van der Waals surface area contributed by atoms with Crippen molar-refractivity contribution in [1.82, 2.24) is 9.78 Å². The third kappa shape index (κ3) is 2.62. The Hall–Kier alpha value is -1.85. The minimum Gasteiger partial charge on any atom is -0.493 e. The second-order valence-electron chi connectivity index (χ2n) is 4.26. The Kier molecular flexibility index (Phi) is 4.19. The standard InChI is InChI=1S/C14H18N2O3/c1-16-13(12(19-3)8-15-16)14(17)11-7-5-4-6-10(11)9-18-2/h4-8,14,17H,9H2,1-3H3. The van der Waals surface area contributed by atoms with Crippen LogP contribution >= 0.6 is 0 Å². The summed E-state index contributed by atoms with van der Waals surface area (Å²) in [4.78, 5) is 0. The fraction of sp³-hybridized carbons (Fsp3) is 0.357. The summed E-state index contributed by atoms with van der Waals surface area (Å²) in [5, 5.41) is 14.7. The highest BCUT2D eigenvalue weighted by Gasteiger charge is 2.22. The van der Waals surface area contributed by atoms with E-state index < -0.39 is 6.10 Å². The van der Waals surface area contributed by atoms with Crippen molar-refractivity contribution in [3.05, 3.63) is 47.3 Å². The summed E-state index contributed by atoms with van der Waals surface area (Å²) in [6.07, 6.45) is 0.797. The molecule has 0 bridgehead atoms. The van der Waals surface area contributed by atoms with Gasteiger partial charge in [0.15, 0.2) is 5.75 Å². The number of aliphatic hydroxyl groups excluding tert-OH is 1. The van der Waals surface area contributed by atoms with Gasteiger partial charge in [0.05, 0.1) is 19.9 Å². The molecule has 0 amide bonds. The van der Waals surface area contributed by atoms with E-state index in [0.717, 1.165) is 11.1 Å². The van der Waals surface area contributed by atoms with Crippen molar-refractivity contribution in [2.45, 2.75) is 12.7 Å². The van der Waals surface area contributed by atoms with E-state index in [-0.39, 0.29) is 0 Å². The molecule has 1 aromatic carbocycles. The fourth-order valence-corrected chi connectivity index (χ4v) is 2.13. The van der Waals surface area contributed by atoms with Crippen LogP contribution in [0, 0.1) is 0 Å². The minimum atomic E-state index is -0.797. The molecule has 1 unspecified atom stereocenters. The lowest BCUT2D eigenvalue weighted by Crippen LogP contribution is -2.10. The zero-order chi connectivity index (χ0) is 13.8. The van der Waals surface area contributed by atoms with Crippen LogP contribution in [0.15, 0.2) is 30.5 Å². The molecule has 0 aliphatic carbocycles. The number of benzene rings is 1. The van der Waals surface area contributed by atoms with E-state index in [9.17, 15) is 5.11 Å². The van der Waals surface area contributed by atoms with E-state index in [2.05, 4.69) is 5.10 Å². The molecule has 2 rings (SSSR count). The Bertz CT molecular complexity index is 551. The first-order valence-electron chi connectivity index (χ1n) is 5.99. The smallest absolute Gasteiger partial charge is 0.162 e. The van der Waals surface area contributed by atoms with Gasteiger partial charge in [0.2, 0.25) is 0 Å². The van der Waals surface area contributed by atoms with Gasteiger partial charge in [-0.3, -0.25) is 4.68 Å². The van der Waals surface area contributed by atoms with Gasteiger partial charge in [-0.05, 0) is 11.1 Å². The van der Waals surface area contributed by atoms with E-state index in [1.54, 1.807) is 32.1 Å². The molecule has 2 aromatic rings. The molecule has 19 heavy (non-hydrogen) atoms. The monoisotopic (exact) mass is 262 g/mol. The van der Waals surface area contributed by atoms with Gasteiger partial charge in [0.25, 0.3) is 0 Å². The number of hydrogen-bond acceptors (Lipinski definition) is 4. The summed E-state index contributed by atoms with van der Waals surface area (Å²) in [7, 11) is 4.97. The van der Waals surface area contributed by atoms with Crippen LogP contribution in [0.25, 0.3) is 0 Å². The maximum Gasteiger partial charge on any atom is 0.162 e. The van der Waals surface area contributed by atoms with Crippen LogP contribution in [0.5, 0.6) is 5.75 Å². The molecule has 0 saturated carbocycles. The predicted molar refractivity (Wildman–Crippen MR) is 71.0 cm³/mol. The molecule has 0 saturated heterocycles. The summed E-state index contributed by atoms with van der Waals surface area (Å²) >= 11 is 0. The number of methoxy groups -OCH3 is 2. The number of nitrogens with zero attached hydrogens (tertiary/aromatic N) is 2. The zero-order valence-corrected chi connectivity index (χ0v) is 11.3. The molecule has 0 spiro atoms. The summed E-state index contributed by atoms with van der Waals surface area (Å²) in [5.41, 5.74) is 2.37. The Labute approximate surface area is 112 Å². The lowest BCUT2D eigenvalue weighted by atomic mass is 10.0. The first-order valence-corrected chi connectivity index (χ1v) is 5.99. The SMILES string of the molecule is COCc1ccccc1C(O)c1c(OC)cnn1C. The van der Waals surface area contributed by atoms with Gasteiger partial charge in [0, 0.05) is 14.2 Å². The third-order valence-corrected chi connectivity index (χ3v) is 3.08. The number of hydrogen-bond donors (Lipinski definition) is 1. The van der Waals surface area contributed by atoms with Gasteiger partial charge in [-0.15, -0.1) is 0 Å². The van der Waals surface area contributed by atoms with Crippen molar-refractivity contribution in [2.75, 3.05) is 14.2 Å². The predicted octanol–water partition coefficient (Wildman–Crippen LogP) is 1.66. The average molecular weight is 262 g/mol. The van der Waals surface area contributed by atoms with Gasteiger partial charge >= 0.3 is 0 Å². The first kappa shape index (κ1) is 13.6. The molecule has 0 aliphatic heterocycles. The number of rotatable bonds is 5. The van der Waals surface area contributed by atoms with Crippen LogP contribution < -0.4 is 4.74 Å². The highest BCUT2D eigenvalue weighted by molar-refractivity contribution is 5.38. The van der Waals surface area contributed by atoms with Crippen molar-refractivity contribution < 1.29 is 14.6 Å². The molecule has 102 valence electrons.